The van der Waals surface area contributed by atoms with Gasteiger partial charge < -0.3 is 10.2 Å². The van der Waals surface area contributed by atoms with Crippen molar-refractivity contribution in [1.29, 1.82) is 0 Å². The van der Waals surface area contributed by atoms with Crippen LogP contribution in [-0.4, -0.2) is 34.7 Å². The SMILES string of the molecule is CC(=O)c1cccc(NC(=O)c2cc(C)nc(N3CCCCCC3)n2)c1. The number of hydrogen-bond acceptors (Lipinski definition) is 5. The molecule has 136 valence electrons. The Balaban J connectivity index is 1.80. The Kier molecular flexibility index (Phi) is 5.61. The maximum Gasteiger partial charge on any atom is 0.274 e. The van der Waals surface area contributed by atoms with Crippen LogP contribution in [0.25, 0.3) is 0 Å². The van der Waals surface area contributed by atoms with E-state index >= 15 is 0 Å². The minimum Gasteiger partial charge on any atom is -0.341 e. The molecule has 1 N–H and O–H groups in total. The summed E-state index contributed by atoms with van der Waals surface area (Å²) in [7, 11) is 0. The number of carbonyl (C=O) groups excluding carboxylic acids is 2. The molecule has 1 aromatic heterocycles. The largest absolute Gasteiger partial charge is 0.341 e. The summed E-state index contributed by atoms with van der Waals surface area (Å²) >= 11 is 0. The molecular weight excluding hydrogens is 328 g/mol. The van der Waals surface area contributed by atoms with Crippen molar-refractivity contribution in [2.45, 2.75) is 39.5 Å². The van der Waals surface area contributed by atoms with E-state index in [0.29, 0.717) is 22.9 Å². The summed E-state index contributed by atoms with van der Waals surface area (Å²) in [5.41, 5.74) is 2.24. The van der Waals surface area contributed by atoms with Gasteiger partial charge in [-0.3, -0.25) is 9.59 Å². The molecule has 1 amide bonds. The highest BCUT2D eigenvalue weighted by atomic mass is 16.2. The predicted octanol–water partition coefficient (Wildman–Crippen LogP) is 3.62. The summed E-state index contributed by atoms with van der Waals surface area (Å²) in [6, 6.07) is 8.59. The Bertz CT molecular complexity index is 811. The summed E-state index contributed by atoms with van der Waals surface area (Å²) in [4.78, 5) is 35.3. The smallest absolute Gasteiger partial charge is 0.274 e. The zero-order valence-electron chi connectivity index (χ0n) is 15.3. The third kappa shape index (κ3) is 4.45. The second kappa shape index (κ2) is 8.08. The molecule has 0 atom stereocenters. The van der Waals surface area contributed by atoms with Crippen molar-refractivity contribution in [2.75, 3.05) is 23.3 Å². The summed E-state index contributed by atoms with van der Waals surface area (Å²) in [5, 5.41) is 2.82. The average molecular weight is 352 g/mol. The van der Waals surface area contributed by atoms with Gasteiger partial charge in [0.1, 0.15) is 5.69 Å². The lowest BCUT2D eigenvalue weighted by atomic mass is 10.1. The number of amides is 1. The Labute approximate surface area is 153 Å². The van der Waals surface area contributed by atoms with Crippen LogP contribution in [0.1, 0.15) is 59.1 Å². The molecule has 0 unspecified atom stereocenters. The van der Waals surface area contributed by atoms with Gasteiger partial charge in [-0.15, -0.1) is 0 Å². The summed E-state index contributed by atoms with van der Waals surface area (Å²) in [6.45, 7) is 5.22. The maximum absolute atomic E-state index is 12.6. The molecule has 0 spiro atoms. The molecule has 2 aromatic rings. The summed E-state index contributed by atoms with van der Waals surface area (Å²) in [5.74, 6) is 0.282. The predicted molar refractivity (Wildman–Crippen MR) is 102 cm³/mol. The van der Waals surface area contributed by atoms with Crippen molar-refractivity contribution >= 4 is 23.3 Å². The van der Waals surface area contributed by atoms with Gasteiger partial charge in [0.2, 0.25) is 5.95 Å². The number of hydrogen-bond donors (Lipinski definition) is 1. The van der Waals surface area contributed by atoms with Crippen LogP contribution in [0.2, 0.25) is 0 Å². The minimum atomic E-state index is -0.299. The third-order valence-corrected chi connectivity index (χ3v) is 4.49. The Morgan fingerprint density at radius 1 is 1.04 bits per heavy atom. The highest BCUT2D eigenvalue weighted by Gasteiger charge is 2.17. The summed E-state index contributed by atoms with van der Waals surface area (Å²) < 4.78 is 0. The Hall–Kier alpha value is -2.76. The summed E-state index contributed by atoms with van der Waals surface area (Å²) in [6.07, 6.45) is 4.69. The van der Waals surface area contributed by atoms with E-state index in [1.165, 1.54) is 19.8 Å². The first-order valence-corrected chi connectivity index (χ1v) is 9.06. The van der Waals surface area contributed by atoms with Crippen LogP contribution in [0.4, 0.5) is 11.6 Å². The van der Waals surface area contributed by atoms with Crippen molar-refractivity contribution in [1.82, 2.24) is 9.97 Å². The van der Waals surface area contributed by atoms with Crippen molar-refractivity contribution in [3.05, 3.63) is 47.3 Å². The highest BCUT2D eigenvalue weighted by molar-refractivity contribution is 6.04. The fourth-order valence-corrected chi connectivity index (χ4v) is 3.09. The lowest BCUT2D eigenvalue weighted by Crippen LogP contribution is -2.27. The number of rotatable bonds is 4. The first kappa shape index (κ1) is 18.0. The molecule has 1 saturated heterocycles. The maximum atomic E-state index is 12.6. The lowest BCUT2D eigenvalue weighted by Gasteiger charge is -2.21. The fraction of sp³-hybridized carbons (Fsp3) is 0.400. The number of Topliss-reactive ketones (excluding diaryl/α,β-unsaturated/α-hetero) is 1. The van der Waals surface area contributed by atoms with Crippen LogP contribution in [0.15, 0.2) is 30.3 Å². The monoisotopic (exact) mass is 352 g/mol. The first-order valence-electron chi connectivity index (χ1n) is 9.06. The Morgan fingerprint density at radius 2 is 1.77 bits per heavy atom. The molecule has 1 aromatic carbocycles. The van der Waals surface area contributed by atoms with E-state index in [9.17, 15) is 9.59 Å². The standard InChI is InChI=1S/C20H24N4O2/c1-14-12-18(23-20(21-14)24-10-5-3-4-6-11-24)19(26)22-17-9-7-8-16(13-17)15(2)25/h7-9,12-13H,3-6,10-11H2,1-2H3,(H,22,26). The fourth-order valence-electron chi connectivity index (χ4n) is 3.09. The van der Waals surface area contributed by atoms with Gasteiger partial charge in [0, 0.05) is 30.0 Å². The van der Waals surface area contributed by atoms with Gasteiger partial charge in [-0.2, -0.15) is 0 Å². The van der Waals surface area contributed by atoms with Crippen LogP contribution < -0.4 is 10.2 Å². The molecule has 0 bridgehead atoms. The van der Waals surface area contributed by atoms with Crippen molar-refractivity contribution in [3.63, 3.8) is 0 Å². The molecule has 6 nitrogen and oxygen atoms in total. The van der Waals surface area contributed by atoms with Gasteiger partial charge in [0.05, 0.1) is 0 Å². The molecule has 2 heterocycles. The van der Waals surface area contributed by atoms with E-state index in [1.807, 2.05) is 6.92 Å². The van der Waals surface area contributed by atoms with E-state index in [1.54, 1.807) is 30.3 Å². The molecule has 1 aliphatic heterocycles. The molecule has 0 saturated carbocycles. The molecule has 1 aliphatic rings. The molecule has 0 radical (unpaired) electrons. The van der Waals surface area contributed by atoms with Crippen LogP contribution in [0, 0.1) is 6.92 Å². The van der Waals surface area contributed by atoms with Crippen molar-refractivity contribution in [3.8, 4) is 0 Å². The number of ketones is 1. The molecule has 6 heteroatoms. The quantitative estimate of drug-likeness (QED) is 0.851. The lowest BCUT2D eigenvalue weighted by molar-refractivity contribution is 0.100. The molecule has 1 fully saturated rings. The van der Waals surface area contributed by atoms with Crippen molar-refractivity contribution < 1.29 is 9.59 Å². The number of nitrogens with zero attached hydrogens (tertiary/aromatic N) is 3. The normalized spacial score (nSPS) is 14.6. The van der Waals surface area contributed by atoms with Crippen LogP contribution >= 0.6 is 0 Å². The number of benzene rings is 1. The highest BCUT2D eigenvalue weighted by Crippen LogP contribution is 2.18. The van der Waals surface area contributed by atoms with Gasteiger partial charge in [-0.25, -0.2) is 9.97 Å². The van der Waals surface area contributed by atoms with Crippen molar-refractivity contribution in [2.24, 2.45) is 0 Å². The van der Waals surface area contributed by atoms with E-state index in [4.69, 9.17) is 0 Å². The first-order chi connectivity index (χ1) is 12.5. The topological polar surface area (TPSA) is 75.2 Å². The number of nitrogens with one attached hydrogen (secondary N) is 1. The molecule has 0 aliphatic carbocycles. The van der Waals surface area contributed by atoms with Gasteiger partial charge in [-0.05, 0) is 44.9 Å². The van der Waals surface area contributed by atoms with E-state index in [2.05, 4.69) is 20.2 Å². The second-order valence-corrected chi connectivity index (χ2v) is 6.69. The Morgan fingerprint density at radius 3 is 2.46 bits per heavy atom. The number of carbonyl (C=O) groups is 2. The zero-order valence-corrected chi connectivity index (χ0v) is 15.3. The zero-order chi connectivity index (χ0) is 18.5. The molecule has 3 rings (SSSR count). The number of anilines is 2. The second-order valence-electron chi connectivity index (χ2n) is 6.69. The van der Waals surface area contributed by atoms with Gasteiger partial charge in [0.15, 0.2) is 5.78 Å². The molecule has 26 heavy (non-hydrogen) atoms. The van der Waals surface area contributed by atoms with Gasteiger partial charge in [0.25, 0.3) is 5.91 Å². The molecular formula is C20H24N4O2. The number of aryl methyl sites for hydroxylation is 1. The van der Waals surface area contributed by atoms with E-state index in [-0.39, 0.29) is 11.7 Å². The van der Waals surface area contributed by atoms with E-state index < -0.39 is 0 Å². The van der Waals surface area contributed by atoms with Gasteiger partial charge in [-0.1, -0.05) is 25.0 Å². The third-order valence-electron chi connectivity index (χ3n) is 4.49. The minimum absolute atomic E-state index is 0.0394. The van der Waals surface area contributed by atoms with Crippen LogP contribution in [-0.2, 0) is 0 Å². The number of aromatic nitrogens is 2. The average Bonchev–Trinajstić information content (AvgIpc) is 2.91. The van der Waals surface area contributed by atoms with E-state index in [0.717, 1.165) is 31.6 Å². The van der Waals surface area contributed by atoms with Crippen LogP contribution in [0.3, 0.4) is 0 Å². The van der Waals surface area contributed by atoms with Gasteiger partial charge >= 0.3 is 0 Å². The van der Waals surface area contributed by atoms with Crippen LogP contribution in [0.5, 0.6) is 0 Å².